The second-order valence-electron chi connectivity index (χ2n) is 5.65. The Kier molecular flexibility index (Phi) is 33.9. The molecule has 4 unspecified atom stereocenters. The van der Waals surface area contributed by atoms with Gasteiger partial charge in [-0.1, -0.05) is 38.5 Å². The average Bonchev–Trinajstić information content (AvgIpc) is 2.56. The summed E-state index contributed by atoms with van der Waals surface area (Å²) in [7, 11) is 0. The summed E-state index contributed by atoms with van der Waals surface area (Å²) in [6.45, 7) is 0. The first-order chi connectivity index (χ1) is 6.45. The average molecular weight is 418 g/mol. The third-order valence-electron chi connectivity index (χ3n) is 5.09. The predicted molar refractivity (Wildman–Crippen MR) is 55.5 cm³/mol. The Morgan fingerprint density at radius 1 is 0.421 bits per heavy atom. The molecule has 19 heavy (non-hydrogen) atoms. The Bertz CT molecular complexity index is 182. The maximum Gasteiger partial charge on any atom is 0 e. The summed E-state index contributed by atoms with van der Waals surface area (Å²) in [5.74, 6) is 4.70. The Morgan fingerprint density at radius 3 is 1.11 bits per heavy atom. The maximum atomic E-state index is 1.62. The first kappa shape index (κ1) is 34.1. The summed E-state index contributed by atoms with van der Waals surface area (Å²) in [6.07, 6.45) is 14.1. The number of hydrogen-bond donors (Lipinski definition) is 0. The Balaban J connectivity index is -0.000000187. The summed E-state index contributed by atoms with van der Waals surface area (Å²) >= 11 is 0. The minimum atomic E-state index is 0. The summed E-state index contributed by atoms with van der Waals surface area (Å²) in [5, 5.41) is 0. The Hall–Kier alpha value is 7.56. The van der Waals surface area contributed by atoms with Gasteiger partial charge in [-0.3, -0.25) is 0 Å². The molecule has 122 valence electrons. The Labute approximate surface area is 299 Å². The van der Waals surface area contributed by atoms with Crippen LogP contribution >= 0.6 is 0 Å². The third-order valence-corrected chi connectivity index (χ3v) is 5.09. The van der Waals surface area contributed by atoms with Crippen LogP contribution in [0.15, 0.2) is 0 Å². The minimum absolute atomic E-state index is 0. The van der Waals surface area contributed by atoms with Crippen molar-refractivity contribution < 1.29 is 226 Å². The standard InChI is InChI=1S/C13H22.6Ar/c1-3-7-12-10(5-1)9-11-6-2-4-8-13(11)12;;;;;;/h10-13H,1-9H2;;;;;;. The van der Waals surface area contributed by atoms with Gasteiger partial charge in [0.1, 0.15) is 0 Å². The van der Waals surface area contributed by atoms with Crippen LogP contribution in [0.5, 0.6) is 0 Å². The molecule has 4 atom stereocenters. The molecule has 3 saturated carbocycles. The van der Waals surface area contributed by atoms with Crippen LogP contribution < -0.4 is 0 Å². The van der Waals surface area contributed by atoms with Crippen molar-refractivity contribution in [3.05, 3.63) is 0 Å². The van der Waals surface area contributed by atoms with E-state index in [4.69, 9.17) is 0 Å². The van der Waals surface area contributed by atoms with Crippen LogP contribution in [0.4, 0.5) is 0 Å². The molecule has 0 bridgehead atoms. The van der Waals surface area contributed by atoms with Crippen LogP contribution in [0.1, 0.15) is 57.8 Å². The zero-order valence-electron chi connectivity index (χ0n) is 10.8. The fourth-order valence-electron chi connectivity index (χ4n) is 4.57. The van der Waals surface area contributed by atoms with Crippen molar-refractivity contribution in [3.8, 4) is 0 Å². The second-order valence-corrected chi connectivity index (χ2v) is 5.65. The van der Waals surface area contributed by atoms with Crippen molar-refractivity contribution in [1.82, 2.24) is 0 Å². The van der Waals surface area contributed by atoms with Gasteiger partial charge in [0.05, 0.1) is 0 Å². The van der Waals surface area contributed by atoms with Crippen molar-refractivity contribution in [1.29, 1.82) is 0 Å². The van der Waals surface area contributed by atoms with E-state index in [1.165, 1.54) is 23.7 Å². The van der Waals surface area contributed by atoms with Gasteiger partial charge in [0.2, 0.25) is 0 Å². The van der Waals surface area contributed by atoms with Crippen molar-refractivity contribution in [2.75, 3.05) is 0 Å². The molecular weight excluding hydrogens is 396 g/mol. The zero-order chi connectivity index (χ0) is 8.67. The van der Waals surface area contributed by atoms with Crippen LogP contribution in [0.2, 0.25) is 0 Å². The van der Waals surface area contributed by atoms with E-state index in [9.17, 15) is 0 Å². The van der Waals surface area contributed by atoms with E-state index in [0.717, 1.165) is 0 Å². The van der Waals surface area contributed by atoms with Gasteiger partial charge < -0.3 is 0 Å². The quantitative estimate of drug-likeness (QED) is 0.558. The van der Waals surface area contributed by atoms with E-state index in [1.807, 2.05) is 0 Å². The largest absolute Gasteiger partial charge is 0.0530 e. The second kappa shape index (κ2) is 18.9. The topological polar surface area (TPSA) is 0 Å². The smallest absolute Gasteiger partial charge is 0 e. The molecule has 0 N–H and O–H groups in total. The molecule has 6 heteroatoms. The van der Waals surface area contributed by atoms with Crippen LogP contribution in [-0.2, 0) is 0 Å². The maximum absolute atomic E-state index is 1.62. The molecule has 0 spiro atoms. The molecule has 0 nitrogen and oxygen atoms in total. The van der Waals surface area contributed by atoms with Crippen molar-refractivity contribution >= 4 is 0 Å². The van der Waals surface area contributed by atoms with Gasteiger partial charge in [0, 0.05) is 226 Å². The molecule has 3 aliphatic rings. The number of rotatable bonds is 0. The van der Waals surface area contributed by atoms with Gasteiger partial charge in [0.15, 0.2) is 0 Å². The Morgan fingerprint density at radius 2 is 0.737 bits per heavy atom. The molecule has 0 aromatic heterocycles. The van der Waals surface area contributed by atoms with E-state index in [2.05, 4.69) is 0 Å². The van der Waals surface area contributed by atoms with E-state index in [1.54, 1.807) is 57.8 Å². The van der Waals surface area contributed by atoms with Crippen LogP contribution in [0, 0.1) is 250 Å². The van der Waals surface area contributed by atoms with Crippen LogP contribution in [0.3, 0.4) is 0 Å². The minimum Gasteiger partial charge on any atom is -0.0530 e. The molecule has 0 aromatic rings. The summed E-state index contributed by atoms with van der Waals surface area (Å²) in [5.41, 5.74) is 0. The SMILES string of the molecule is C1CCC2C(C1)CC1CCCCC12.[Ar].[Ar].[Ar].[Ar].[Ar].[Ar]. The van der Waals surface area contributed by atoms with E-state index < -0.39 is 0 Å². The summed E-state index contributed by atoms with van der Waals surface area (Å²) in [4.78, 5) is 0. The number of fused-ring (bicyclic) bond motifs is 3. The van der Waals surface area contributed by atoms with Gasteiger partial charge in [-0.2, -0.15) is 0 Å². The van der Waals surface area contributed by atoms with Crippen molar-refractivity contribution in [2.24, 2.45) is 23.7 Å². The zero-order valence-corrected chi connectivity index (χ0v) is 15.0. The van der Waals surface area contributed by atoms with Gasteiger partial charge in [-0.15, -0.1) is 0 Å². The van der Waals surface area contributed by atoms with E-state index in [0.29, 0.717) is 0 Å². The fourth-order valence-corrected chi connectivity index (χ4v) is 4.57. The third kappa shape index (κ3) is 10.1. The molecule has 0 amide bonds. The molecule has 3 fully saturated rings. The van der Waals surface area contributed by atoms with Crippen LogP contribution in [0.25, 0.3) is 0 Å². The molecular formula is C13H22Ar6. The van der Waals surface area contributed by atoms with E-state index >= 15 is 0 Å². The first-order valence-electron chi connectivity index (χ1n) is 6.45. The van der Waals surface area contributed by atoms with Gasteiger partial charge in [-0.05, 0) is 42.9 Å². The molecule has 0 saturated heterocycles. The monoisotopic (exact) mass is 418 g/mol. The predicted octanol–water partition coefficient (Wildman–Crippen LogP) is 4.00. The van der Waals surface area contributed by atoms with E-state index in [-0.39, 0.29) is 226 Å². The number of hydrogen-bond acceptors (Lipinski definition) is 0. The molecule has 0 aromatic carbocycles. The summed E-state index contributed by atoms with van der Waals surface area (Å²) in [6, 6.07) is 0. The normalized spacial score (nSPS) is 34.1. The van der Waals surface area contributed by atoms with Gasteiger partial charge in [-0.25, -0.2) is 0 Å². The molecule has 3 aliphatic carbocycles. The van der Waals surface area contributed by atoms with Crippen LogP contribution in [-0.4, -0.2) is 0 Å². The van der Waals surface area contributed by atoms with Gasteiger partial charge >= 0.3 is 0 Å². The van der Waals surface area contributed by atoms with Gasteiger partial charge in [0.25, 0.3) is 0 Å². The molecule has 0 aliphatic heterocycles. The summed E-state index contributed by atoms with van der Waals surface area (Å²) < 4.78 is 0. The van der Waals surface area contributed by atoms with Crippen molar-refractivity contribution in [3.63, 3.8) is 0 Å². The first-order valence-corrected chi connectivity index (χ1v) is 6.45. The fraction of sp³-hybridized carbons (Fsp3) is 1.00. The molecule has 0 heterocycles. The molecule has 0 radical (unpaired) electrons. The molecule has 3 rings (SSSR count). The van der Waals surface area contributed by atoms with Crippen molar-refractivity contribution in [2.45, 2.75) is 57.8 Å².